The predicted octanol–water partition coefficient (Wildman–Crippen LogP) is 1.93. The maximum absolute atomic E-state index is 12.8. The Balaban J connectivity index is 2.19. The molecule has 1 aromatic rings. The number of rotatable bonds is 7. The van der Waals surface area contributed by atoms with Crippen molar-refractivity contribution in [2.75, 3.05) is 32.7 Å². The van der Waals surface area contributed by atoms with Gasteiger partial charge in [0.05, 0.1) is 4.90 Å². The van der Waals surface area contributed by atoms with E-state index in [1.165, 1.54) is 4.31 Å². The van der Waals surface area contributed by atoms with Crippen molar-refractivity contribution in [1.29, 1.82) is 0 Å². The molecule has 1 fully saturated rings. The number of nitrogens with one attached hydrogen (secondary N) is 1. The third-order valence-electron chi connectivity index (χ3n) is 4.45. The molecule has 1 aliphatic rings. The first-order chi connectivity index (χ1) is 11.9. The van der Waals surface area contributed by atoms with E-state index in [-0.39, 0.29) is 16.8 Å². The predicted molar refractivity (Wildman–Crippen MR) is 99.2 cm³/mol. The second kappa shape index (κ2) is 8.78. The van der Waals surface area contributed by atoms with Crippen molar-refractivity contribution in [1.82, 2.24) is 14.5 Å². The number of carbonyl (C=O) groups is 1. The number of hydrogen-bond donors (Lipinski definition) is 1. The van der Waals surface area contributed by atoms with E-state index in [1.807, 2.05) is 25.7 Å². The Labute approximate surface area is 151 Å². The largest absolute Gasteiger partial charge is 0.333 e. The van der Waals surface area contributed by atoms with Crippen LogP contribution in [0.25, 0.3) is 0 Å². The highest BCUT2D eigenvalue weighted by Crippen LogP contribution is 2.19. The fourth-order valence-electron chi connectivity index (χ4n) is 3.08. The fourth-order valence-corrected chi connectivity index (χ4v) is 4.70. The fraction of sp³-hybridized carbons (Fsp3) is 0.611. The minimum Gasteiger partial charge on any atom is -0.333 e. The van der Waals surface area contributed by atoms with E-state index >= 15 is 0 Å². The molecule has 0 aromatic heterocycles. The summed E-state index contributed by atoms with van der Waals surface area (Å²) in [6, 6.07) is 6.48. The van der Waals surface area contributed by atoms with Crippen LogP contribution in [0.2, 0.25) is 0 Å². The van der Waals surface area contributed by atoms with Gasteiger partial charge in [0.25, 0.3) is 5.91 Å². The summed E-state index contributed by atoms with van der Waals surface area (Å²) in [5.41, 5.74) is 0.533. The molecule has 6 nitrogen and oxygen atoms in total. The van der Waals surface area contributed by atoms with Gasteiger partial charge in [-0.2, -0.15) is 4.31 Å². The second-order valence-electron chi connectivity index (χ2n) is 6.48. The highest BCUT2D eigenvalue weighted by atomic mass is 32.2. The van der Waals surface area contributed by atoms with E-state index in [9.17, 15) is 13.2 Å². The average molecular weight is 368 g/mol. The summed E-state index contributed by atoms with van der Waals surface area (Å²) >= 11 is 0. The van der Waals surface area contributed by atoms with E-state index in [0.29, 0.717) is 25.2 Å². The lowest BCUT2D eigenvalue weighted by molar-refractivity contribution is 0.0655. The number of sulfonamides is 1. The molecule has 1 saturated heterocycles. The monoisotopic (exact) mass is 367 g/mol. The molecule has 1 aromatic carbocycles. The van der Waals surface area contributed by atoms with Crippen LogP contribution in [0.3, 0.4) is 0 Å². The summed E-state index contributed by atoms with van der Waals surface area (Å²) in [5.74, 6) is -0.0445. The summed E-state index contributed by atoms with van der Waals surface area (Å²) in [6.07, 6.45) is 1.55. The van der Waals surface area contributed by atoms with Crippen LogP contribution in [0.4, 0.5) is 0 Å². The molecule has 7 heteroatoms. The lowest BCUT2D eigenvalue weighted by Crippen LogP contribution is -2.52. The zero-order valence-corrected chi connectivity index (χ0v) is 16.2. The van der Waals surface area contributed by atoms with Gasteiger partial charge in [0, 0.05) is 44.3 Å². The third kappa shape index (κ3) is 4.59. The number of amides is 1. The molecule has 2 rings (SSSR count). The van der Waals surface area contributed by atoms with Gasteiger partial charge in [0.2, 0.25) is 10.0 Å². The summed E-state index contributed by atoms with van der Waals surface area (Å²) in [4.78, 5) is 14.7. The van der Waals surface area contributed by atoms with Gasteiger partial charge in [0.15, 0.2) is 0 Å². The maximum Gasteiger partial charge on any atom is 0.254 e. The topological polar surface area (TPSA) is 69.7 Å². The van der Waals surface area contributed by atoms with E-state index < -0.39 is 10.0 Å². The number of piperazine rings is 1. The van der Waals surface area contributed by atoms with Crippen LogP contribution in [-0.2, 0) is 10.0 Å². The minimum absolute atomic E-state index is 0.0445. The Morgan fingerprint density at radius 1 is 1.20 bits per heavy atom. The lowest BCUT2D eigenvalue weighted by atomic mass is 10.1. The molecule has 1 heterocycles. The molecule has 140 valence electrons. The van der Waals surface area contributed by atoms with Crippen LogP contribution in [0.1, 0.15) is 44.0 Å². The molecule has 0 aliphatic carbocycles. The second-order valence-corrected chi connectivity index (χ2v) is 8.42. The highest BCUT2D eigenvalue weighted by molar-refractivity contribution is 7.89. The van der Waals surface area contributed by atoms with Crippen LogP contribution in [0, 0.1) is 0 Å². The number of hydrogen-bond acceptors (Lipinski definition) is 4. The van der Waals surface area contributed by atoms with E-state index in [1.54, 1.807) is 24.3 Å². The van der Waals surface area contributed by atoms with Crippen molar-refractivity contribution >= 4 is 15.9 Å². The van der Waals surface area contributed by atoms with Gasteiger partial charge in [-0.25, -0.2) is 8.42 Å². The van der Waals surface area contributed by atoms with Gasteiger partial charge in [-0.15, -0.1) is 0 Å². The van der Waals surface area contributed by atoms with Crippen LogP contribution in [0.5, 0.6) is 0 Å². The first kappa shape index (κ1) is 19.9. The van der Waals surface area contributed by atoms with Gasteiger partial charge in [-0.3, -0.25) is 4.79 Å². The van der Waals surface area contributed by atoms with E-state index in [0.717, 1.165) is 25.9 Å². The quantitative estimate of drug-likeness (QED) is 0.799. The van der Waals surface area contributed by atoms with Crippen molar-refractivity contribution < 1.29 is 13.2 Å². The molecule has 0 radical (unpaired) electrons. The van der Waals surface area contributed by atoms with Gasteiger partial charge >= 0.3 is 0 Å². The number of nitrogens with zero attached hydrogens (tertiary/aromatic N) is 2. The van der Waals surface area contributed by atoms with Crippen molar-refractivity contribution in [2.45, 2.75) is 44.6 Å². The summed E-state index contributed by atoms with van der Waals surface area (Å²) in [6.45, 7) is 9.19. The summed E-state index contributed by atoms with van der Waals surface area (Å²) in [5, 5.41) is 3.26. The van der Waals surface area contributed by atoms with Crippen LogP contribution < -0.4 is 5.32 Å². The Kier molecular flexibility index (Phi) is 6.98. The number of benzene rings is 1. The first-order valence-corrected chi connectivity index (χ1v) is 10.5. The lowest BCUT2D eigenvalue weighted by Gasteiger charge is -2.34. The summed E-state index contributed by atoms with van der Waals surface area (Å²) < 4.78 is 27.1. The van der Waals surface area contributed by atoms with E-state index in [2.05, 4.69) is 5.32 Å². The smallest absolute Gasteiger partial charge is 0.254 e. The average Bonchev–Trinajstić information content (AvgIpc) is 2.61. The van der Waals surface area contributed by atoms with Crippen molar-refractivity contribution in [2.24, 2.45) is 0 Å². The van der Waals surface area contributed by atoms with Crippen molar-refractivity contribution in [3.63, 3.8) is 0 Å². The van der Waals surface area contributed by atoms with Crippen molar-refractivity contribution in [3.8, 4) is 0 Å². The molecule has 1 N–H and O–H groups in total. The molecule has 1 amide bonds. The van der Waals surface area contributed by atoms with Crippen LogP contribution in [-0.4, -0.2) is 62.3 Å². The standard InChI is InChI=1S/C18H29N3O3S/c1-4-11-20(12-5-2)25(23,24)17-8-6-16(7-9-17)18(22)21-13-10-19-14-15(21)3/h6-9,15,19H,4-5,10-14H2,1-3H3/t15-/m1/s1. The Bertz CT molecular complexity index is 667. The molecule has 0 saturated carbocycles. The van der Waals surface area contributed by atoms with Gasteiger partial charge in [-0.1, -0.05) is 13.8 Å². The Hall–Kier alpha value is -1.44. The summed E-state index contributed by atoms with van der Waals surface area (Å²) in [7, 11) is -3.51. The number of carbonyl (C=O) groups excluding carboxylic acids is 1. The van der Waals surface area contributed by atoms with Crippen molar-refractivity contribution in [3.05, 3.63) is 29.8 Å². The molecule has 0 bridgehead atoms. The minimum atomic E-state index is -3.51. The van der Waals surface area contributed by atoms with Gasteiger partial charge < -0.3 is 10.2 Å². The SMILES string of the molecule is CCCN(CCC)S(=O)(=O)c1ccc(C(=O)N2CCNC[C@H]2C)cc1. The zero-order valence-electron chi connectivity index (χ0n) is 15.4. The molecule has 0 unspecified atom stereocenters. The highest BCUT2D eigenvalue weighted by Gasteiger charge is 2.26. The van der Waals surface area contributed by atoms with Crippen LogP contribution >= 0.6 is 0 Å². The van der Waals surface area contributed by atoms with Crippen LogP contribution in [0.15, 0.2) is 29.2 Å². The maximum atomic E-state index is 12.8. The Morgan fingerprint density at radius 2 is 1.80 bits per heavy atom. The normalized spacial score (nSPS) is 18.6. The molecule has 1 atom stereocenters. The Morgan fingerprint density at radius 3 is 2.32 bits per heavy atom. The molecule has 1 aliphatic heterocycles. The first-order valence-electron chi connectivity index (χ1n) is 9.03. The molecular formula is C18H29N3O3S. The molecule has 0 spiro atoms. The van der Waals surface area contributed by atoms with Gasteiger partial charge in [-0.05, 0) is 44.0 Å². The van der Waals surface area contributed by atoms with E-state index in [4.69, 9.17) is 0 Å². The molecular weight excluding hydrogens is 338 g/mol. The van der Waals surface area contributed by atoms with Gasteiger partial charge in [0.1, 0.15) is 0 Å². The molecule has 25 heavy (non-hydrogen) atoms. The third-order valence-corrected chi connectivity index (χ3v) is 6.36. The zero-order chi connectivity index (χ0) is 18.4.